The Labute approximate surface area is 76.6 Å². The summed E-state index contributed by atoms with van der Waals surface area (Å²) in [5, 5.41) is 1.13. The number of esters is 1. The predicted molar refractivity (Wildman–Crippen MR) is 43.4 cm³/mol. The van der Waals surface area contributed by atoms with E-state index in [4.69, 9.17) is 4.84 Å². The molecule has 0 aromatic carbocycles. The first kappa shape index (κ1) is 9.98. The van der Waals surface area contributed by atoms with E-state index in [0.717, 1.165) is 5.06 Å². The van der Waals surface area contributed by atoms with E-state index in [9.17, 15) is 9.59 Å². The first-order valence-corrected chi connectivity index (χ1v) is 4.01. The summed E-state index contributed by atoms with van der Waals surface area (Å²) in [4.78, 5) is 27.0. The molecule has 5 nitrogen and oxygen atoms in total. The molecule has 1 saturated carbocycles. The number of hydrogen-bond donors (Lipinski definition) is 0. The van der Waals surface area contributed by atoms with Crippen molar-refractivity contribution in [3.8, 4) is 0 Å². The summed E-state index contributed by atoms with van der Waals surface area (Å²) in [6.45, 7) is 0. The molecule has 0 bridgehead atoms. The molecule has 0 aromatic rings. The number of nitrogens with zero attached hydrogens (tertiary/aromatic N) is 1. The maximum absolute atomic E-state index is 11.4. The maximum Gasteiger partial charge on any atom is 0.309 e. The summed E-state index contributed by atoms with van der Waals surface area (Å²) >= 11 is 0. The van der Waals surface area contributed by atoms with E-state index in [1.54, 1.807) is 0 Å². The van der Waals surface area contributed by atoms with Gasteiger partial charge >= 0.3 is 5.97 Å². The first-order valence-electron chi connectivity index (χ1n) is 4.01. The van der Waals surface area contributed by atoms with Crippen molar-refractivity contribution in [1.29, 1.82) is 0 Å². The van der Waals surface area contributed by atoms with E-state index < -0.39 is 0 Å². The highest BCUT2D eigenvalue weighted by atomic mass is 16.7. The Hall–Kier alpha value is -1.10. The smallest absolute Gasteiger partial charge is 0.309 e. The molecule has 1 aliphatic rings. The molecule has 0 aliphatic heterocycles. The summed E-state index contributed by atoms with van der Waals surface area (Å²) in [6, 6.07) is 0. The minimum atomic E-state index is -0.317. The van der Waals surface area contributed by atoms with Crippen LogP contribution in [-0.4, -0.2) is 38.2 Å². The van der Waals surface area contributed by atoms with Gasteiger partial charge in [0.1, 0.15) is 0 Å². The zero-order chi connectivity index (χ0) is 10.0. The van der Waals surface area contributed by atoms with Crippen LogP contribution >= 0.6 is 0 Å². The summed E-state index contributed by atoms with van der Waals surface area (Å²) in [7, 11) is 4.25. The van der Waals surface area contributed by atoms with Gasteiger partial charge in [0.2, 0.25) is 5.91 Å². The highest BCUT2D eigenvalue weighted by Gasteiger charge is 2.50. The van der Waals surface area contributed by atoms with Crippen molar-refractivity contribution in [1.82, 2.24) is 5.06 Å². The molecule has 0 unspecified atom stereocenters. The molecule has 0 saturated heterocycles. The molecule has 1 fully saturated rings. The molecule has 1 amide bonds. The number of ether oxygens (including phenoxy) is 1. The first-order chi connectivity index (χ1) is 6.11. The summed E-state index contributed by atoms with van der Waals surface area (Å²) in [5.74, 6) is -1.01. The Morgan fingerprint density at radius 3 is 2.38 bits per heavy atom. The Morgan fingerprint density at radius 1 is 1.31 bits per heavy atom. The van der Waals surface area contributed by atoms with E-state index >= 15 is 0 Å². The quantitative estimate of drug-likeness (QED) is 0.454. The highest BCUT2D eigenvalue weighted by molar-refractivity contribution is 5.89. The molecule has 2 atom stereocenters. The number of rotatable bonds is 3. The third-order valence-corrected chi connectivity index (χ3v) is 2.20. The van der Waals surface area contributed by atoms with E-state index in [0.29, 0.717) is 6.42 Å². The summed E-state index contributed by atoms with van der Waals surface area (Å²) in [5.41, 5.74) is 0. The van der Waals surface area contributed by atoms with Gasteiger partial charge in [-0.1, -0.05) is 0 Å². The van der Waals surface area contributed by atoms with Crippen LogP contribution in [0.1, 0.15) is 6.42 Å². The molecule has 0 aromatic heterocycles. The van der Waals surface area contributed by atoms with Gasteiger partial charge < -0.3 is 4.74 Å². The van der Waals surface area contributed by atoms with Crippen LogP contribution in [-0.2, 0) is 19.2 Å². The van der Waals surface area contributed by atoms with E-state index in [-0.39, 0.29) is 23.7 Å². The largest absolute Gasteiger partial charge is 0.469 e. The summed E-state index contributed by atoms with van der Waals surface area (Å²) < 4.78 is 4.52. The van der Waals surface area contributed by atoms with Crippen molar-refractivity contribution in [3.05, 3.63) is 0 Å². The lowest BCUT2D eigenvalue weighted by Gasteiger charge is -2.12. The monoisotopic (exact) mass is 187 g/mol. The van der Waals surface area contributed by atoms with Crippen LogP contribution in [0.25, 0.3) is 0 Å². The molecule has 1 rings (SSSR count). The molecule has 0 spiro atoms. The molecule has 0 heterocycles. The molecule has 0 N–H and O–H groups in total. The van der Waals surface area contributed by atoms with Gasteiger partial charge in [-0.25, -0.2) is 5.06 Å². The Kier molecular flexibility index (Phi) is 2.87. The Morgan fingerprint density at radius 2 is 1.92 bits per heavy atom. The van der Waals surface area contributed by atoms with Crippen LogP contribution in [0.2, 0.25) is 0 Å². The molecular formula is C8H13NO4. The zero-order valence-corrected chi connectivity index (χ0v) is 7.94. The molecular weight excluding hydrogens is 174 g/mol. The standard InChI is InChI=1S/C8H13NO4/c1-9(13-3)7(10)5-4-6(5)8(11)12-2/h5-6H,4H2,1-3H3/t5-,6-/m1/s1. The van der Waals surface area contributed by atoms with Gasteiger partial charge in [-0.15, -0.1) is 0 Å². The van der Waals surface area contributed by atoms with Crippen LogP contribution in [0.5, 0.6) is 0 Å². The second-order valence-corrected chi connectivity index (χ2v) is 2.99. The second kappa shape index (κ2) is 3.74. The normalized spacial score (nSPS) is 25.2. The lowest BCUT2D eigenvalue weighted by Crippen LogP contribution is -2.28. The summed E-state index contributed by atoms with van der Waals surface area (Å²) in [6.07, 6.45) is 0.569. The average Bonchev–Trinajstić information content (AvgIpc) is 2.93. The molecule has 74 valence electrons. The van der Waals surface area contributed by atoms with Crippen LogP contribution in [0, 0.1) is 11.8 Å². The predicted octanol–water partition coefficient (Wildman–Crippen LogP) is -0.185. The van der Waals surface area contributed by atoms with Crippen molar-refractivity contribution >= 4 is 11.9 Å². The minimum absolute atomic E-state index is 0.169. The van der Waals surface area contributed by atoms with Crippen LogP contribution in [0.15, 0.2) is 0 Å². The minimum Gasteiger partial charge on any atom is -0.469 e. The highest BCUT2D eigenvalue weighted by Crippen LogP contribution is 2.40. The van der Waals surface area contributed by atoms with Crippen molar-refractivity contribution in [3.63, 3.8) is 0 Å². The van der Waals surface area contributed by atoms with Gasteiger partial charge in [-0.05, 0) is 6.42 Å². The fourth-order valence-electron chi connectivity index (χ4n) is 1.20. The lowest BCUT2D eigenvalue weighted by molar-refractivity contribution is -0.171. The lowest BCUT2D eigenvalue weighted by atomic mass is 10.3. The van der Waals surface area contributed by atoms with Gasteiger partial charge in [0.15, 0.2) is 0 Å². The van der Waals surface area contributed by atoms with Crippen molar-refractivity contribution in [2.45, 2.75) is 6.42 Å². The molecule has 5 heteroatoms. The fraction of sp³-hybridized carbons (Fsp3) is 0.750. The van der Waals surface area contributed by atoms with Crippen LogP contribution < -0.4 is 0 Å². The number of hydrogen-bond acceptors (Lipinski definition) is 4. The van der Waals surface area contributed by atoms with Gasteiger partial charge in [-0.3, -0.25) is 14.4 Å². The zero-order valence-electron chi connectivity index (χ0n) is 7.94. The van der Waals surface area contributed by atoms with E-state index in [2.05, 4.69) is 4.74 Å². The van der Waals surface area contributed by atoms with Crippen molar-refractivity contribution in [2.75, 3.05) is 21.3 Å². The second-order valence-electron chi connectivity index (χ2n) is 2.99. The number of methoxy groups -OCH3 is 1. The number of carbonyl (C=O) groups excluding carboxylic acids is 2. The number of carbonyl (C=O) groups is 2. The van der Waals surface area contributed by atoms with Gasteiger partial charge in [-0.2, -0.15) is 0 Å². The molecule has 0 radical (unpaired) electrons. The van der Waals surface area contributed by atoms with Crippen molar-refractivity contribution in [2.24, 2.45) is 11.8 Å². The van der Waals surface area contributed by atoms with Crippen LogP contribution in [0.3, 0.4) is 0 Å². The van der Waals surface area contributed by atoms with E-state index in [1.807, 2.05) is 0 Å². The third-order valence-electron chi connectivity index (χ3n) is 2.20. The topological polar surface area (TPSA) is 55.8 Å². The Bertz CT molecular complexity index is 228. The third kappa shape index (κ3) is 1.98. The number of hydroxylamine groups is 2. The van der Waals surface area contributed by atoms with Gasteiger partial charge in [0, 0.05) is 7.05 Å². The number of amides is 1. The van der Waals surface area contributed by atoms with E-state index in [1.165, 1.54) is 21.3 Å². The Balaban J connectivity index is 2.42. The molecule has 1 aliphatic carbocycles. The van der Waals surface area contributed by atoms with Gasteiger partial charge in [0.25, 0.3) is 0 Å². The van der Waals surface area contributed by atoms with Crippen LogP contribution in [0.4, 0.5) is 0 Å². The van der Waals surface area contributed by atoms with Crippen molar-refractivity contribution < 1.29 is 19.2 Å². The SMILES string of the molecule is COC(=O)[C@@H]1C[C@H]1C(=O)N(C)OC. The average molecular weight is 187 g/mol. The van der Waals surface area contributed by atoms with Gasteiger partial charge in [0.05, 0.1) is 26.1 Å². The maximum atomic E-state index is 11.4. The molecule has 13 heavy (non-hydrogen) atoms. The fourth-order valence-corrected chi connectivity index (χ4v) is 1.20.